The Morgan fingerprint density at radius 2 is 2.00 bits per heavy atom. The highest BCUT2D eigenvalue weighted by Gasteiger charge is 2.11. The van der Waals surface area contributed by atoms with E-state index in [-0.39, 0.29) is 0 Å². The second-order valence-corrected chi connectivity index (χ2v) is 4.07. The number of hydrogen-bond donors (Lipinski definition) is 1. The Kier molecular flexibility index (Phi) is 10.3. The average molecular weight is 217 g/mol. The summed E-state index contributed by atoms with van der Waals surface area (Å²) < 4.78 is 10.4. The van der Waals surface area contributed by atoms with Crippen LogP contribution in [0.1, 0.15) is 39.5 Å². The van der Waals surface area contributed by atoms with E-state index in [4.69, 9.17) is 9.47 Å². The summed E-state index contributed by atoms with van der Waals surface area (Å²) in [5.41, 5.74) is 0. The van der Waals surface area contributed by atoms with Gasteiger partial charge in [0, 0.05) is 26.9 Å². The molecule has 0 amide bonds. The van der Waals surface area contributed by atoms with Crippen molar-refractivity contribution in [1.82, 2.24) is 5.32 Å². The van der Waals surface area contributed by atoms with Crippen molar-refractivity contribution in [3.8, 4) is 0 Å². The van der Waals surface area contributed by atoms with Crippen molar-refractivity contribution in [1.29, 1.82) is 0 Å². The SMILES string of the molecule is CCCNC(CCCOC)CC(C)OC. The van der Waals surface area contributed by atoms with E-state index in [1.54, 1.807) is 14.2 Å². The molecule has 0 bridgehead atoms. The topological polar surface area (TPSA) is 30.5 Å². The summed E-state index contributed by atoms with van der Waals surface area (Å²) >= 11 is 0. The van der Waals surface area contributed by atoms with Crippen molar-refractivity contribution >= 4 is 0 Å². The van der Waals surface area contributed by atoms with E-state index in [1.165, 1.54) is 12.8 Å². The van der Waals surface area contributed by atoms with Gasteiger partial charge < -0.3 is 14.8 Å². The zero-order valence-corrected chi connectivity index (χ0v) is 10.7. The molecule has 0 aliphatic rings. The molecular formula is C12H27NO2. The van der Waals surface area contributed by atoms with Crippen LogP contribution in [0.3, 0.4) is 0 Å². The third-order valence-electron chi connectivity index (χ3n) is 2.60. The van der Waals surface area contributed by atoms with Gasteiger partial charge in [0.1, 0.15) is 0 Å². The molecule has 0 spiro atoms. The molecule has 92 valence electrons. The molecule has 3 heteroatoms. The first-order valence-electron chi connectivity index (χ1n) is 5.99. The lowest BCUT2D eigenvalue weighted by atomic mass is 10.0. The van der Waals surface area contributed by atoms with Crippen molar-refractivity contribution < 1.29 is 9.47 Å². The quantitative estimate of drug-likeness (QED) is 0.569. The zero-order chi connectivity index (χ0) is 11.5. The summed E-state index contributed by atoms with van der Waals surface area (Å²) in [7, 11) is 3.53. The molecular weight excluding hydrogens is 190 g/mol. The van der Waals surface area contributed by atoms with Gasteiger partial charge in [0.2, 0.25) is 0 Å². The van der Waals surface area contributed by atoms with Crippen LogP contribution in [0.25, 0.3) is 0 Å². The van der Waals surface area contributed by atoms with Gasteiger partial charge in [0.05, 0.1) is 6.10 Å². The van der Waals surface area contributed by atoms with Gasteiger partial charge in [-0.05, 0) is 39.2 Å². The number of hydrogen-bond acceptors (Lipinski definition) is 3. The van der Waals surface area contributed by atoms with Gasteiger partial charge in [0.25, 0.3) is 0 Å². The van der Waals surface area contributed by atoms with Crippen LogP contribution in [0.5, 0.6) is 0 Å². The van der Waals surface area contributed by atoms with E-state index in [9.17, 15) is 0 Å². The number of nitrogens with one attached hydrogen (secondary N) is 1. The molecule has 0 radical (unpaired) electrons. The van der Waals surface area contributed by atoms with Crippen LogP contribution in [0.15, 0.2) is 0 Å². The highest BCUT2D eigenvalue weighted by atomic mass is 16.5. The van der Waals surface area contributed by atoms with Gasteiger partial charge in [-0.3, -0.25) is 0 Å². The van der Waals surface area contributed by atoms with Crippen molar-refractivity contribution in [3.63, 3.8) is 0 Å². The van der Waals surface area contributed by atoms with Gasteiger partial charge in [-0.2, -0.15) is 0 Å². The van der Waals surface area contributed by atoms with Crippen LogP contribution in [0.4, 0.5) is 0 Å². The largest absolute Gasteiger partial charge is 0.385 e. The molecule has 1 N–H and O–H groups in total. The third kappa shape index (κ3) is 8.85. The van der Waals surface area contributed by atoms with Crippen molar-refractivity contribution in [2.24, 2.45) is 0 Å². The van der Waals surface area contributed by atoms with E-state index >= 15 is 0 Å². The predicted octanol–water partition coefficient (Wildman–Crippen LogP) is 2.21. The monoisotopic (exact) mass is 217 g/mol. The molecule has 0 saturated heterocycles. The highest BCUT2D eigenvalue weighted by molar-refractivity contribution is 4.70. The summed E-state index contributed by atoms with van der Waals surface area (Å²) in [6.45, 7) is 6.26. The van der Waals surface area contributed by atoms with E-state index in [0.717, 1.165) is 26.0 Å². The predicted molar refractivity (Wildman–Crippen MR) is 64.3 cm³/mol. The molecule has 0 aromatic rings. The highest BCUT2D eigenvalue weighted by Crippen LogP contribution is 2.07. The average Bonchev–Trinajstić information content (AvgIpc) is 2.25. The standard InChI is InChI=1S/C12H27NO2/c1-5-8-13-12(7-6-9-14-3)10-11(2)15-4/h11-13H,5-10H2,1-4H3. The van der Waals surface area contributed by atoms with Crippen LogP contribution in [0, 0.1) is 0 Å². The maximum atomic E-state index is 5.30. The number of ether oxygens (including phenoxy) is 2. The van der Waals surface area contributed by atoms with Crippen LogP contribution in [-0.4, -0.2) is 39.5 Å². The molecule has 0 aromatic carbocycles. The Bertz CT molecular complexity index is 131. The molecule has 2 unspecified atom stereocenters. The lowest BCUT2D eigenvalue weighted by Crippen LogP contribution is -2.33. The van der Waals surface area contributed by atoms with Crippen LogP contribution >= 0.6 is 0 Å². The summed E-state index contributed by atoms with van der Waals surface area (Å²) in [5.74, 6) is 0. The second-order valence-electron chi connectivity index (χ2n) is 4.07. The number of methoxy groups -OCH3 is 2. The van der Waals surface area contributed by atoms with Gasteiger partial charge in [0.15, 0.2) is 0 Å². The minimum atomic E-state index is 0.335. The second kappa shape index (κ2) is 10.4. The van der Waals surface area contributed by atoms with Gasteiger partial charge in [-0.15, -0.1) is 0 Å². The van der Waals surface area contributed by atoms with Crippen molar-refractivity contribution in [2.45, 2.75) is 51.7 Å². The Morgan fingerprint density at radius 3 is 2.53 bits per heavy atom. The van der Waals surface area contributed by atoms with E-state index in [2.05, 4.69) is 19.2 Å². The lowest BCUT2D eigenvalue weighted by molar-refractivity contribution is 0.0972. The first-order valence-corrected chi connectivity index (χ1v) is 5.99. The van der Waals surface area contributed by atoms with Crippen molar-refractivity contribution in [2.75, 3.05) is 27.4 Å². The summed E-state index contributed by atoms with van der Waals surface area (Å²) in [6.07, 6.45) is 4.89. The van der Waals surface area contributed by atoms with E-state index < -0.39 is 0 Å². The molecule has 3 nitrogen and oxygen atoms in total. The third-order valence-corrected chi connectivity index (χ3v) is 2.60. The van der Waals surface area contributed by atoms with Crippen LogP contribution < -0.4 is 5.32 Å². The minimum Gasteiger partial charge on any atom is -0.385 e. The Morgan fingerprint density at radius 1 is 1.27 bits per heavy atom. The maximum absolute atomic E-state index is 5.30. The van der Waals surface area contributed by atoms with Gasteiger partial charge in [-0.1, -0.05) is 6.92 Å². The first kappa shape index (κ1) is 14.9. The molecule has 0 heterocycles. The fraction of sp³-hybridized carbons (Fsp3) is 1.00. The minimum absolute atomic E-state index is 0.335. The summed E-state index contributed by atoms with van der Waals surface area (Å²) in [6, 6.07) is 0.565. The molecule has 2 atom stereocenters. The first-order chi connectivity index (χ1) is 7.24. The lowest BCUT2D eigenvalue weighted by Gasteiger charge is -2.21. The van der Waals surface area contributed by atoms with Gasteiger partial charge in [-0.25, -0.2) is 0 Å². The molecule has 0 saturated carbocycles. The van der Waals surface area contributed by atoms with Crippen molar-refractivity contribution in [3.05, 3.63) is 0 Å². The Hall–Kier alpha value is -0.120. The van der Waals surface area contributed by atoms with Crippen LogP contribution in [-0.2, 0) is 9.47 Å². The molecule has 0 aliphatic heterocycles. The molecule has 15 heavy (non-hydrogen) atoms. The molecule has 0 fully saturated rings. The fourth-order valence-electron chi connectivity index (χ4n) is 1.62. The Balaban J connectivity index is 3.72. The molecule has 0 aliphatic carbocycles. The van der Waals surface area contributed by atoms with E-state index in [0.29, 0.717) is 12.1 Å². The Labute approximate surface area is 94.5 Å². The van der Waals surface area contributed by atoms with Crippen LogP contribution in [0.2, 0.25) is 0 Å². The molecule has 0 aromatic heterocycles. The smallest absolute Gasteiger partial charge is 0.0558 e. The van der Waals surface area contributed by atoms with Gasteiger partial charge >= 0.3 is 0 Å². The molecule has 0 rings (SSSR count). The van der Waals surface area contributed by atoms with E-state index in [1.807, 2.05) is 0 Å². The number of rotatable bonds is 10. The summed E-state index contributed by atoms with van der Waals surface area (Å²) in [5, 5.41) is 3.56. The fourth-order valence-corrected chi connectivity index (χ4v) is 1.62. The maximum Gasteiger partial charge on any atom is 0.0558 e. The summed E-state index contributed by atoms with van der Waals surface area (Å²) in [4.78, 5) is 0. The zero-order valence-electron chi connectivity index (χ0n) is 10.7. The normalized spacial score (nSPS) is 15.2.